The number of likely N-dealkylation sites (N-methyl/N-ethyl adjacent to an activating group) is 1. The van der Waals surface area contributed by atoms with E-state index in [9.17, 15) is 79.8 Å². The number of ether oxygens (including phenoxy) is 6. The minimum atomic E-state index is -2.19. The van der Waals surface area contributed by atoms with Crippen LogP contribution in [0.1, 0.15) is 118 Å². The van der Waals surface area contributed by atoms with E-state index in [1.807, 2.05) is 13.8 Å². The molecule has 0 saturated carbocycles. The van der Waals surface area contributed by atoms with Crippen LogP contribution in [-0.2, 0) is 52.6 Å². The highest BCUT2D eigenvalue weighted by atomic mass is 35.5. The molecule has 2 saturated heterocycles. The first-order chi connectivity index (χ1) is 48.4. The number of carboxylic acids is 1. The van der Waals surface area contributed by atoms with Crippen molar-refractivity contribution in [1.82, 2.24) is 31.9 Å². The second-order valence-corrected chi connectivity index (χ2v) is 27.1. The summed E-state index contributed by atoms with van der Waals surface area (Å²) in [7, 11) is 1.50. The Bertz CT molecular complexity index is 4110. The van der Waals surface area contributed by atoms with Crippen molar-refractivity contribution in [2.45, 2.75) is 170 Å². The van der Waals surface area contributed by atoms with Crippen molar-refractivity contribution < 1.29 is 118 Å². The predicted octanol–water partition coefficient (Wildman–Crippen LogP) is 0.833. The molecule has 0 aromatic heterocycles. The molecule has 33 nitrogen and oxygen atoms in total. The SMILES string of the molecule is CN[C@H](CC(C)C)C(=O)NC(C(=O)N[C@@H](CC(N)=O)C(C)=O)[C@H](O)c1ccc(Oc2cc3cc(c2O[C@@H]2O[C@H](CO)[C@@H](O)[C@H](O)[C@H]2O[C@H]2C[C@](C)(N)[C@H](O)[C@H](C)O2)Oc2ccc(cc2Cl)[C@@H](O)[C@@H]2NC(=O)[C@H](NC(=O)[C@@H]3N)c3ccc(O)c(c3)-c3c(cc(O)c(C)c3O)[C@@H](C(=O)O)NC2=O)c(Cl)c1. The second kappa shape index (κ2) is 31.9. The summed E-state index contributed by atoms with van der Waals surface area (Å²) in [6, 6.07) is 0.582. The molecule has 6 amide bonds. The minimum absolute atomic E-state index is 0.0511. The maximum atomic E-state index is 15.2. The summed E-state index contributed by atoms with van der Waals surface area (Å²) in [6.45, 7) is 8.07. The number of Topliss-reactive ketones (excluding diaryl/α,β-unsaturated/α-hetero) is 1. The summed E-state index contributed by atoms with van der Waals surface area (Å²) in [5, 5.41) is 128. The van der Waals surface area contributed by atoms with E-state index >= 15 is 9.59 Å². The van der Waals surface area contributed by atoms with Gasteiger partial charge in [-0.05, 0) is 124 Å². The number of carbonyl (C=O) groups excluding carboxylic acids is 7. The number of carboxylic acid groups (broad SMARTS) is 1. The molecule has 35 heteroatoms. The Morgan fingerprint density at radius 1 is 0.796 bits per heavy atom. The van der Waals surface area contributed by atoms with Crippen molar-refractivity contribution in [2.24, 2.45) is 23.1 Å². The monoisotopic (exact) mass is 1480 g/mol. The van der Waals surface area contributed by atoms with E-state index in [2.05, 4.69) is 31.9 Å². The van der Waals surface area contributed by atoms with E-state index in [4.69, 9.17) is 68.8 Å². The number of amides is 6. The average Bonchev–Trinajstić information content (AvgIpc) is 0.765. The topological polar surface area (TPSA) is 544 Å². The van der Waals surface area contributed by atoms with Gasteiger partial charge < -0.3 is 129 Å². The molecular formula is C68H81Cl2N9O24. The number of phenols is 3. The van der Waals surface area contributed by atoms with Gasteiger partial charge in [0.2, 0.25) is 47.5 Å². The van der Waals surface area contributed by atoms with Crippen LogP contribution in [0.15, 0.2) is 72.8 Å². The Morgan fingerprint density at radius 3 is 2.12 bits per heavy atom. The van der Waals surface area contributed by atoms with E-state index in [0.29, 0.717) is 0 Å². The quantitative estimate of drug-likeness (QED) is 0.0513. The number of aromatic hydroxyl groups is 3. The molecule has 18 atom stereocenters. The van der Waals surface area contributed by atoms with Crippen LogP contribution in [0.5, 0.6) is 46.0 Å². The van der Waals surface area contributed by atoms with Gasteiger partial charge in [-0.15, -0.1) is 0 Å². The lowest BCUT2D eigenvalue weighted by Crippen LogP contribution is -2.64. The number of aliphatic hydroxyl groups excluding tert-OH is 6. The molecule has 10 rings (SSSR count). The van der Waals surface area contributed by atoms with Gasteiger partial charge in [-0.1, -0.05) is 55.2 Å². The molecule has 8 bridgehead atoms. The van der Waals surface area contributed by atoms with Crippen molar-refractivity contribution >= 4 is 70.4 Å². The zero-order chi connectivity index (χ0) is 75.7. The highest BCUT2D eigenvalue weighted by Gasteiger charge is 2.51. The number of carbonyl (C=O) groups is 8. The fraction of sp³-hybridized carbons (Fsp3) is 0.441. The summed E-state index contributed by atoms with van der Waals surface area (Å²) in [6.07, 6.45) is -17.8. The Morgan fingerprint density at radius 2 is 1.50 bits per heavy atom. The van der Waals surface area contributed by atoms with Crippen molar-refractivity contribution in [3.8, 4) is 57.1 Å². The van der Waals surface area contributed by atoms with E-state index in [1.54, 1.807) is 0 Å². The van der Waals surface area contributed by atoms with Gasteiger partial charge in [0.25, 0.3) is 0 Å². The number of aliphatic carboxylic acids is 1. The summed E-state index contributed by atoms with van der Waals surface area (Å²) in [5.41, 5.74) is 14.9. The van der Waals surface area contributed by atoms with E-state index in [1.165, 1.54) is 40.0 Å². The van der Waals surface area contributed by atoms with Gasteiger partial charge in [0.15, 0.2) is 35.7 Å². The standard InChI is InChI=1S/C68H81Cl2N9O24/c1-24(2)14-37(74-7)61(91)78-51(64(94)75-36(26(4)81)21-45(71)84)54(86)29-9-12-40(34(69)16-29)99-42-18-31-19-43(58(42)103-67-59(57(89)56(88)44(23-80)101-67)102-46-22-68(6,73)60(90)27(5)98-46)100-41-13-10-30(17-35(41)70)55(87)52-65(95)77-50(66(96)97)33-20-39(83)25(3)53(85)47(33)32-15-28(8-11-38(32)82)49(63(93)79-52)76-62(92)48(31)72/h8-13,15-20,24,27,36-37,44,46,48-52,54-57,59-60,67,74,80,82-83,85-90H,14,21-23,72-73H2,1-7H3,(H2,71,84)(H,75,94)(H,76,92)(H,77,95)(H,78,91)(H,79,93)(H,96,97)/t27-,36-,37+,44+,46-,48+,49+,50-,51?,52-,54+,55+,56+,57-,59+,60+,67-,68-/m0/s1. The van der Waals surface area contributed by atoms with E-state index < -0.39 is 225 Å². The normalized spacial score (nSPS) is 26.8. The number of primary amides is 1. The van der Waals surface area contributed by atoms with E-state index in [0.717, 1.165) is 67.6 Å². The first-order valence-corrected chi connectivity index (χ1v) is 33.1. The smallest absolute Gasteiger partial charge is 0.330 e. The number of ketones is 1. The number of benzene rings is 5. The molecule has 5 aromatic carbocycles. The van der Waals surface area contributed by atoms with Gasteiger partial charge in [-0.2, -0.15) is 0 Å². The summed E-state index contributed by atoms with van der Waals surface area (Å²) < 4.78 is 38.2. The third-order valence-corrected chi connectivity index (χ3v) is 18.7. The van der Waals surface area contributed by atoms with Crippen LogP contribution in [0.2, 0.25) is 10.0 Å². The molecule has 1 unspecified atom stereocenters. The molecule has 5 aromatic rings. The molecule has 556 valence electrons. The lowest BCUT2D eigenvalue weighted by Gasteiger charge is -2.47. The van der Waals surface area contributed by atoms with Gasteiger partial charge in [-0.3, -0.25) is 33.6 Å². The molecule has 103 heavy (non-hydrogen) atoms. The minimum Gasteiger partial charge on any atom is -0.508 e. The average molecular weight is 1480 g/mol. The van der Waals surface area contributed by atoms with Crippen LogP contribution < -0.4 is 63.3 Å². The van der Waals surface area contributed by atoms with Gasteiger partial charge in [0, 0.05) is 34.2 Å². The third kappa shape index (κ3) is 17.0. The lowest BCUT2D eigenvalue weighted by molar-refractivity contribution is -0.333. The number of nitrogens with two attached hydrogens (primary N) is 3. The molecule has 5 aliphatic heterocycles. The van der Waals surface area contributed by atoms with Crippen LogP contribution in [0, 0.1) is 12.8 Å². The molecule has 5 aliphatic rings. The number of aliphatic hydroxyl groups is 6. The molecule has 0 spiro atoms. The third-order valence-electron chi connectivity index (χ3n) is 18.1. The van der Waals surface area contributed by atoms with Crippen LogP contribution in [0.4, 0.5) is 0 Å². The van der Waals surface area contributed by atoms with Crippen LogP contribution >= 0.6 is 23.2 Å². The number of hydrogen-bond acceptors (Lipinski definition) is 26. The molecule has 0 aliphatic carbocycles. The molecule has 0 radical (unpaired) electrons. The number of fused-ring (bicyclic) bond motifs is 8. The van der Waals surface area contributed by atoms with Crippen molar-refractivity contribution in [3.63, 3.8) is 0 Å². The highest BCUT2D eigenvalue weighted by Crippen LogP contribution is 2.50. The highest BCUT2D eigenvalue weighted by molar-refractivity contribution is 6.32. The van der Waals surface area contributed by atoms with Crippen LogP contribution in [0.3, 0.4) is 0 Å². The molecule has 2 fully saturated rings. The van der Waals surface area contributed by atoms with Crippen molar-refractivity contribution in [3.05, 3.63) is 116 Å². The molecule has 22 N–H and O–H groups in total. The fourth-order valence-electron chi connectivity index (χ4n) is 12.3. The Labute approximate surface area is 597 Å². The zero-order valence-electron chi connectivity index (χ0n) is 56.3. The fourth-order valence-corrected chi connectivity index (χ4v) is 12.8. The van der Waals surface area contributed by atoms with Crippen LogP contribution in [-0.4, -0.2) is 191 Å². The Hall–Kier alpha value is -9.04. The van der Waals surface area contributed by atoms with Gasteiger partial charge in [-0.25, -0.2) is 4.79 Å². The van der Waals surface area contributed by atoms with Gasteiger partial charge in [0.1, 0.15) is 83.4 Å². The van der Waals surface area contributed by atoms with Crippen LogP contribution in [0.25, 0.3) is 11.1 Å². The Kier molecular flexibility index (Phi) is 24.2. The number of phenolic OH excluding ortho intramolecular Hbond substituents is 3. The number of rotatable bonds is 20. The number of nitrogens with one attached hydrogen (secondary N) is 6. The van der Waals surface area contributed by atoms with Gasteiger partial charge >= 0.3 is 5.97 Å². The lowest BCUT2D eigenvalue weighted by atomic mass is 9.86. The first-order valence-electron chi connectivity index (χ1n) is 32.3. The maximum Gasteiger partial charge on any atom is 0.330 e. The summed E-state index contributed by atoms with van der Waals surface area (Å²) in [4.78, 5) is 111. The first kappa shape index (κ1) is 78.1. The largest absolute Gasteiger partial charge is 0.508 e. The maximum absolute atomic E-state index is 15.2. The predicted molar refractivity (Wildman–Crippen MR) is 361 cm³/mol. The molecular weight excluding hydrogens is 1400 g/mol. The number of hydrogen-bond donors (Lipinski definition) is 19. The molecule has 5 heterocycles. The number of halogens is 2. The second-order valence-electron chi connectivity index (χ2n) is 26.3. The van der Waals surface area contributed by atoms with Gasteiger partial charge in [0.05, 0.1) is 47.4 Å². The summed E-state index contributed by atoms with van der Waals surface area (Å²) >= 11 is 14.1. The van der Waals surface area contributed by atoms with Crippen molar-refractivity contribution in [2.75, 3.05) is 13.7 Å². The van der Waals surface area contributed by atoms with Crippen molar-refractivity contribution in [1.29, 1.82) is 0 Å². The van der Waals surface area contributed by atoms with E-state index in [-0.39, 0.29) is 63.6 Å². The Balaban J connectivity index is 1.23. The summed E-state index contributed by atoms with van der Waals surface area (Å²) in [5.74, 6) is -13.7. The zero-order valence-corrected chi connectivity index (χ0v) is 57.8.